The third-order valence-electron chi connectivity index (χ3n) is 12.2. The Balaban J connectivity index is 1.61. The summed E-state index contributed by atoms with van der Waals surface area (Å²) in [5.41, 5.74) is -0.205. The zero-order valence-electron chi connectivity index (χ0n) is 23.5. The number of hydrogen-bond acceptors (Lipinski definition) is 5. The van der Waals surface area contributed by atoms with Gasteiger partial charge < -0.3 is 25.7 Å². The number of aliphatic hydroxyl groups is 4. The maximum absolute atomic E-state index is 13.2. The van der Waals surface area contributed by atoms with Crippen LogP contribution in [0.2, 0.25) is 0 Å². The maximum Gasteiger partial charge on any atom is 0.223 e. The molecule has 0 radical (unpaired) electrons. The van der Waals surface area contributed by atoms with E-state index in [1.54, 1.807) is 0 Å². The van der Waals surface area contributed by atoms with Gasteiger partial charge in [0.1, 0.15) is 0 Å². The van der Waals surface area contributed by atoms with Crippen LogP contribution in [0.1, 0.15) is 92.9 Å². The molecule has 4 fully saturated rings. The molecule has 0 aromatic carbocycles. The first kappa shape index (κ1) is 28.3. The van der Waals surface area contributed by atoms with E-state index in [1.807, 2.05) is 0 Å². The highest BCUT2D eigenvalue weighted by Crippen LogP contribution is 2.67. The van der Waals surface area contributed by atoms with Crippen LogP contribution in [0.4, 0.5) is 0 Å². The summed E-state index contributed by atoms with van der Waals surface area (Å²) < 4.78 is 0. The second-order valence-corrected chi connectivity index (χ2v) is 13.7. The Bertz CT molecular complexity index is 789. The molecule has 3 saturated carbocycles. The van der Waals surface area contributed by atoms with Crippen molar-refractivity contribution in [3.8, 4) is 0 Å². The lowest BCUT2D eigenvalue weighted by Crippen LogP contribution is -2.55. The summed E-state index contributed by atoms with van der Waals surface area (Å²) in [4.78, 5) is 13.2. The lowest BCUT2D eigenvalue weighted by atomic mass is 9.47. The van der Waals surface area contributed by atoms with E-state index in [4.69, 9.17) is 0 Å². The normalized spacial score (nSPS) is 46.1. The molecular formula is C30H53NO5. The molecule has 4 rings (SSSR count). The van der Waals surface area contributed by atoms with Crippen molar-refractivity contribution in [2.24, 2.45) is 58.2 Å². The fraction of sp³-hybridized carbons (Fsp3) is 0.967. The van der Waals surface area contributed by atoms with E-state index in [0.29, 0.717) is 49.0 Å². The minimum atomic E-state index is -0.828. The molecular weight excluding hydrogens is 454 g/mol. The van der Waals surface area contributed by atoms with Crippen molar-refractivity contribution in [1.29, 1.82) is 0 Å². The average Bonchev–Trinajstić information content (AvgIpc) is 3.19. The van der Waals surface area contributed by atoms with Crippen LogP contribution >= 0.6 is 0 Å². The van der Waals surface area contributed by atoms with Gasteiger partial charge in [-0.2, -0.15) is 0 Å². The minimum absolute atomic E-state index is 0.0182. The van der Waals surface area contributed by atoms with Gasteiger partial charge in [-0.05, 0) is 97.2 Å². The maximum atomic E-state index is 13.2. The van der Waals surface area contributed by atoms with Crippen LogP contribution in [0.15, 0.2) is 0 Å². The highest BCUT2D eigenvalue weighted by atomic mass is 16.3. The number of carbonyl (C=O) groups excluding carboxylic acids is 1. The van der Waals surface area contributed by atoms with Crippen molar-refractivity contribution in [2.75, 3.05) is 6.54 Å². The van der Waals surface area contributed by atoms with Crippen molar-refractivity contribution >= 4 is 5.91 Å². The molecule has 1 aliphatic heterocycles. The van der Waals surface area contributed by atoms with Crippen LogP contribution in [0.3, 0.4) is 0 Å². The van der Waals surface area contributed by atoms with E-state index in [9.17, 15) is 25.2 Å². The van der Waals surface area contributed by atoms with E-state index in [-0.39, 0.29) is 34.5 Å². The standard InChI is InChI=1S/C30H53NO5/c1-7-18(16(3)4)27(35)26(34)17(5)20-9-10-22-19-15-31-28(36)23-13-24(32)25(33)14-29(23,6)21(19)11-12-30(20,22)8-2/h16-27,32-35H,7-15H2,1-6H3,(H,31,36)/t17-,18-,19?,20+,21?,22?,23?,24-,25+,26-,27-,29+,30+/m0/s1. The van der Waals surface area contributed by atoms with E-state index in [1.165, 1.54) is 0 Å². The van der Waals surface area contributed by atoms with Crippen LogP contribution in [-0.2, 0) is 4.79 Å². The molecule has 208 valence electrons. The largest absolute Gasteiger partial charge is 0.390 e. The SMILES string of the molecule is CC[C@@H](C(C)C)[C@H](O)[C@@H](O)[C@@H](C)[C@H]1CCC2C3CNC(=O)C4C[C@H](O)[C@H](O)C[C@]4(C)C3CC[C@@]21CC. The quantitative estimate of drug-likeness (QED) is 0.361. The third-order valence-corrected chi connectivity index (χ3v) is 12.2. The third kappa shape index (κ3) is 4.36. The highest BCUT2D eigenvalue weighted by molar-refractivity contribution is 5.80. The second kappa shape index (κ2) is 10.5. The molecule has 4 unspecified atom stereocenters. The van der Waals surface area contributed by atoms with Crippen LogP contribution in [-0.4, -0.2) is 57.3 Å². The zero-order chi connectivity index (χ0) is 26.6. The zero-order valence-corrected chi connectivity index (χ0v) is 23.5. The number of carbonyl (C=O) groups is 1. The molecule has 13 atom stereocenters. The molecule has 0 aromatic heterocycles. The molecule has 4 aliphatic rings. The molecule has 1 heterocycles. The Kier molecular flexibility index (Phi) is 8.23. The molecule has 5 N–H and O–H groups in total. The molecule has 1 amide bonds. The van der Waals surface area contributed by atoms with Crippen LogP contribution in [0.5, 0.6) is 0 Å². The average molecular weight is 508 g/mol. The number of rotatable bonds is 7. The molecule has 1 saturated heterocycles. The Labute approximate surface area is 218 Å². The second-order valence-electron chi connectivity index (χ2n) is 13.7. The molecule has 6 nitrogen and oxygen atoms in total. The van der Waals surface area contributed by atoms with E-state index >= 15 is 0 Å². The molecule has 0 aromatic rings. The Hall–Kier alpha value is -0.690. The first-order chi connectivity index (χ1) is 16.9. The smallest absolute Gasteiger partial charge is 0.223 e. The van der Waals surface area contributed by atoms with Crippen molar-refractivity contribution in [1.82, 2.24) is 5.32 Å². The first-order valence-corrected chi connectivity index (χ1v) is 14.9. The topological polar surface area (TPSA) is 110 Å². The van der Waals surface area contributed by atoms with Gasteiger partial charge in [0.2, 0.25) is 5.91 Å². The molecule has 0 bridgehead atoms. The van der Waals surface area contributed by atoms with Gasteiger partial charge >= 0.3 is 0 Å². The predicted octanol–water partition coefficient (Wildman–Crippen LogP) is 3.74. The van der Waals surface area contributed by atoms with Gasteiger partial charge in [0, 0.05) is 12.5 Å². The number of nitrogens with one attached hydrogen (secondary N) is 1. The lowest BCUT2D eigenvalue weighted by molar-refractivity contribution is -0.151. The van der Waals surface area contributed by atoms with Crippen molar-refractivity contribution < 1.29 is 25.2 Å². The summed E-state index contributed by atoms with van der Waals surface area (Å²) in [7, 11) is 0. The van der Waals surface area contributed by atoms with E-state index in [2.05, 4.69) is 46.9 Å². The van der Waals surface area contributed by atoms with Crippen molar-refractivity contribution in [3.05, 3.63) is 0 Å². The Morgan fingerprint density at radius 2 is 1.69 bits per heavy atom. The summed E-state index contributed by atoms with van der Waals surface area (Å²) >= 11 is 0. The summed E-state index contributed by atoms with van der Waals surface area (Å²) in [5.74, 6) is 1.72. The van der Waals surface area contributed by atoms with Gasteiger partial charge in [0.05, 0.1) is 24.4 Å². The van der Waals surface area contributed by atoms with Crippen molar-refractivity contribution in [2.45, 2.75) is 117 Å². The fourth-order valence-electron chi connectivity index (χ4n) is 10.2. The Morgan fingerprint density at radius 1 is 1.00 bits per heavy atom. The van der Waals surface area contributed by atoms with Gasteiger partial charge in [-0.15, -0.1) is 0 Å². The number of fused-ring (bicyclic) bond motifs is 5. The Morgan fingerprint density at radius 3 is 2.31 bits per heavy atom. The predicted molar refractivity (Wildman–Crippen MR) is 141 cm³/mol. The van der Waals surface area contributed by atoms with Gasteiger partial charge in [0.25, 0.3) is 0 Å². The molecule has 0 spiro atoms. The fourth-order valence-corrected chi connectivity index (χ4v) is 10.2. The molecule has 6 heteroatoms. The molecule has 36 heavy (non-hydrogen) atoms. The van der Waals surface area contributed by atoms with Gasteiger partial charge in [0.15, 0.2) is 0 Å². The number of aliphatic hydroxyl groups excluding tert-OH is 4. The van der Waals surface area contributed by atoms with E-state index in [0.717, 1.165) is 38.5 Å². The number of hydrogen-bond donors (Lipinski definition) is 5. The monoisotopic (exact) mass is 507 g/mol. The lowest BCUT2D eigenvalue weighted by Gasteiger charge is -2.57. The summed E-state index contributed by atoms with van der Waals surface area (Å²) in [6.07, 6.45) is 3.95. The highest BCUT2D eigenvalue weighted by Gasteiger charge is 2.63. The summed E-state index contributed by atoms with van der Waals surface area (Å²) in [5, 5.41) is 46.8. The van der Waals surface area contributed by atoms with Crippen LogP contribution < -0.4 is 5.32 Å². The van der Waals surface area contributed by atoms with Gasteiger partial charge in [-0.3, -0.25) is 4.79 Å². The van der Waals surface area contributed by atoms with Crippen molar-refractivity contribution in [3.63, 3.8) is 0 Å². The van der Waals surface area contributed by atoms with E-state index < -0.39 is 24.4 Å². The van der Waals surface area contributed by atoms with Crippen LogP contribution in [0.25, 0.3) is 0 Å². The summed E-state index contributed by atoms with van der Waals surface area (Å²) in [6, 6.07) is 0. The van der Waals surface area contributed by atoms with Crippen LogP contribution in [0, 0.1) is 58.2 Å². The molecule has 3 aliphatic carbocycles. The van der Waals surface area contributed by atoms with Gasteiger partial charge in [-0.25, -0.2) is 0 Å². The summed E-state index contributed by atoms with van der Waals surface area (Å²) in [6.45, 7) is 13.7. The minimum Gasteiger partial charge on any atom is -0.390 e. The first-order valence-electron chi connectivity index (χ1n) is 14.9. The number of amides is 1. The van der Waals surface area contributed by atoms with Gasteiger partial charge in [-0.1, -0.05) is 48.0 Å².